The summed E-state index contributed by atoms with van der Waals surface area (Å²) < 4.78 is 1.07. The Kier molecular flexibility index (Phi) is 3.60. The van der Waals surface area contributed by atoms with Gasteiger partial charge in [-0.1, -0.05) is 64.0 Å². The molecule has 0 aliphatic rings. The quantitative estimate of drug-likeness (QED) is 0.703. The van der Waals surface area contributed by atoms with Crippen molar-refractivity contribution in [1.82, 2.24) is 0 Å². The molecule has 0 spiro atoms. The maximum Gasteiger partial charge on any atom is 0.104 e. The van der Waals surface area contributed by atoms with Crippen LogP contribution in [0.25, 0.3) is 10.8 Å². The molecule has 0 aromatic heterocycles. The fraction of sp³-hybridized carbons (Fsp3) is 0.111. The van der Waals surface area contributed by atoms with Crippen LogP contribution in [-0.2, 0) is 0 Å². The van der Waals surface area contributed by atoms with Crippen LogP contribution < -0.4 is 0 Å². The van der Waals surface area contributed by atoms with E-state index in [1.54, 1.807) is 0 Å². The zero-order valence-electron chi connectivity index (χ0n) is 11.2. The third-order valence-corrected chi connectivity index (χ3v) is 3.99. The van der Waals surface area contributed by atoms with Crippen LogP contribution in [-0.4, -0.2) is 5.11 Å². The van der Waals surface area contributed by atoms with Crippen molar-refractivity contribution in [2.75, 3.05) is 0 Å². The van der Waals surface area contributed by atoms with Crippen molar-refractivity contribution in [3.8, 4) is 0 Å². The van der Waals surface area contributed by atoms with Gasteiger partial charge in [0.2, 0.25) is 0 Å². The molecule has 20 heavy (non-hydrogen) atoms. The summed E-state index contributed by atoms with van der Waals surface area (Å²) in [4.78, 5) is 0. The molecule has 0 saturated carbocycles. The average Bonchev–Trinajstić information content (AvgIpc) is 2.46. The molecule has 0 fully saturated rings. The third-order valence-electron chi connectivity index (χ3n) is 3.50. The van der Waals surface area contributed by atoms with Gasteiger partial charge in [-0.15, -0.1) is 0 Å². The van der Waals surface area contributed by atoms with Crippen LogP contribution in [0.3, 0.4) is 0 Å². The summed E-state index contributed by atoms with van der Waals surface area (Å²) in [5.41, 5.74) is 3.01. The van der Waals surface area contributed by atoms with E-state index in [0.717, 1.165) is 26.5 Å². The molecule has 0 aliphatic heterocycles. The van der Waals surface area contributed by atoms with Crippen molar-refractivity contribution in [2.45, 2.75) is 13.0 Å². The van der Waals surface area contributed by atoms with Gasteiger partial charge < -0.3 is 5.11 Å². The zero-order chi connectivity index (χ0) is 14.1. The molecule has 0 bridgehead atoms. The van der Waals surface area contributed by atoms with E-state index in [9.17, 15) is 5.11 Å². The lowest BCUT2D eigenvalue weighted by Gasteiger charge is -2.13. The predicted molar refractivity (Wildman–Crippen MR) is 86.9 cm³/mol. The van der Waals surface area contributed by atoms with Crippen molar-refractivity contribution in [3.05, 3.63) is 81.8 Å². The fourth-order valence-electron chi connectivity index (χ4n) is 2.44. The van der Waals surface area contributed by atoms with Crippen LogP contribution in [0.5, 0.6) is 0 Å². The molecule has 1 unspecified atom stereocenters. The van der Waals surface area contributed by atoms with Crippen molar-refractivity contribution >= 4 is 26.7 Å². The molecule has 1 nitrogen and oxygen atoms in total. The first-order chi connectivity index (χ1) is 9.63. The van der Waals surface area contributed by atoms with Gasteiger partial charge in [-0.2, -0.15) is 0 Å². The number of aliphatic hydroxyl groups excluding tert-OH is 1. The molecule has 0 radical (unpaired) electrons. The van der Waals surface area contributed by atoms with Crippen molar-refractivity contribution in [1.29, 1.82) is 0 Å². The van der Waals surface area contributed by atoms with Crippen LogP contribution in [0.2, 0.25) is 0 Å². The SMILES string of the molecule is Cc1cccc(C(O)c2ccc3cc(Br)ccc3c2)c1. The molecular weight excluding hydrogens is 312 g/mol. The lowest BCUT2D eigenvalue weighted by Crippen LogP contribution is -1.99. The monoisotopic (exact) mass is 326 g/mol. The van der Waals surface area contributed by atoms with Crippen molar-refractivity contribution in [3.63, 3.8) is 0 Å². The minimum absolute atomic E-state index is 0.581. The summed E-state index contributed by atoms with van der Waals surface area (Å²) in [6.45, 7) is 2.04. The van der Waals surface area contributed by atoms with Crippen LogP contribution in [0.4, 0.5) is 0 Å². The maximum absolute atomic E-state index is 10.5. The summed E-state index contributed by atoms with van der Waals surface area (Å²) in [6.07, 6.45) is -0.581. The summed E-state index contributed by atoms with van der Waals surface area (Å²) >= 11 is 3.48. The number of hydrogen-bond acceptors (Lipinski definition) is 1. The number of rotatable bonds is 2. The first-order valence-corrected chi connectivity index (χ1v) is 7.36. The molecule has 3 aromatic carbocycles. The van der Waals surface area contributed by atoms with Gasteiger partial charge in [0.1, 0.15) is 6.10 Å². The third kappa shape index (κ3) is 2.62. The van der Waals surface area contributed by atoms with Crippen molar-refractivity contribution in [2.24, 2.45) is 0 Å². The van der Waals surface area contributed by atoms with E-state index in [1.807, 2.05) is 43.3 Å². The molecule has 0 amide bonds. The zero-order valence-corrected chi connectivity index (χ0v) is 12.8. The highest BCUT2D eigenvalue weighted by atomic mass is 79.9. The molecule has 0 heterocycles. The van der Waals surface area contributed by atoms with Crippen LogP contribution >= 0.6 is 15.9 Å². The molecule has 3 rings (SSSR count). The van der Waals surface area contributed by atoms with E-state index in [2.05, 4.69) is 40.2 Å². The van der Waals surface area contributed by atoms with Gasteiger partial charge in [0.25, 0.3) is 0 Å². The van der Waals surface area contributed by atoms with Gasteiger partial charge in [-0.3, -0.25) is 0 Å². The van der Waals surface area contributed by atoms with Crippen LogP contribution in [0.15, 0.2) is 65.1 Å². The minimum Gasteiger partial charge on any atom is -0.384 e. The van der Waals surface area contributed by atoms with E-state index in [0.29, 0.717) is 0 Å². The minimum atomic E-state index is -0.581. The maximum atomic E-state index is 10.5. The topological polar surface area (TPSA) is 20.2 Å². The second-order valence-electron chi connectivity index (χ2n) is 5.07. The summed E-state index contributed by atoms with van der Waals surface area (Å²) in [7, 11) is 0. The Morgan fingerprint density at radius 1 is 0.850 bits per heavy atom. The molecule has 3 aromatic rings. The molecule has 2 heteroatoms. The highest BCUT2D eigenvalue weighted by Crippen LogP contribution is 2.27. The van der Waals surface area contributed by atoms with Gasteiger partial charge >= 0.3 is 0 Å². The Morgan fingerprint density at radius 3 is 2.35 bits per heavy atom. The highest BCUT2D eigenvalue weighted by molar-refractivity contribution is 9.10. The molecule has 100 valence electrons. The van der Waals surface area contributed by atoms with E-state index in [-0.39, 0.29) is 0 Å². The fourth-order valence-corrected chi connectivity index (χ4v) is 2.82. The Balaban J connectivity index is 2.03. The standard InChI is InChI=1S/C18H15BrO/c1-12-3-2-4-15(9-12)18(20)16-6-5-14-11-17(19)8-7-13(14)10-16/h2-11,18,20H,1H3. The van der Waals surface area contributed by atoms with Crippen LogP contribution in [0.1, 0.15) is 22.8 Å². The van der Waals surface area contributed by atoms with E-state index in [1.165, 1.54) is 5.39 Å². The van der Waals surface area contributed by atoms with Crippen molar-refractivity contribution < 1.29 is 5.11 Å². The van der Waals surface area contributed by atoms with Gasteiger partial charge in [-0.05, 0) is 47.0 Å². The smallest absolute Gasteiger partial charge is 0.104 e. The Hall–Kier alpha value is -1.64. The first-order valence-electron chi connectivity index (χ1n) is 6.57. The van der Waals surface area contributed by atoms with Gasteiger partial charge in [0, 0.05) is 4.47 Å². The Bertz CT molecular complexity index is 764. The normalized spacial score (nSPS) is 12.6. The average molecular weight is 327 g/mol. The summed E-state index contributed by atoms with van der Waals surface area (Å²) in [5.74, 6) is 0. The molecule has 0 aliphatic carbocycles. The van der Waals surface area contributed by atoms with E-state index in [4.69, 9.17) is 0 Å². The summed E-state index contributed by atoms with van der Waals surface area (Å²) in [6, 6.07) is 20.3. The van der Waals surface area contributed by atoms with Crippen LogP contribution in [0, 0.1) is 6.92 Å². The van der Waals surface area contributed by atoms with E-state index >= 15 is 0 Å². The molecular formula is C18H15BrO. The van der Waals surface area contributed by atoms with Gasteiger partial charge in [0.05, 0.1) is 0 Å². The molecule has 1 atom stereocenters. The Morgan fingerprint density at radius 2 is 1.55 bits per heavy atom. The number of halogens is 1. The highest BCUT2D eigenvalue weighted by Gasteiger charge is 2.11. The largest absolute Gasteiger partial charge is 0.384 e. The summed E-state index contributed by atoms with van der Waals surface area (Å²) in [5, 5.41) is 12.8. The second kappa shape index (κ2) is 5.39. The number of aliphatic hydroxyl groups is 1. The lowest BCUT2D eigenvalue weighted by atomic mass is 9.97. The van der Waals surface area contributed by atoms with E-state index < -0.39 is 6.10 Å². The first kappa shape index (κ1) is 13.3. The number of aryl methyl sites for hydroxylation is 1. The molecule has 0 saturated heterocycles. The molecule has 1 N–H and O–H groups in total. The van der Waals surface area contributed by atoms with Gasteiger partial charge in [0.15, 0.2) is 0 Å². The lowest BCUT2D eigenvalue weighted by molar-refractivity contribution is 0.220. The predicted octanol–water partition coefficient (Wildman–Crippen LogP) is 4.99. The number of hydrogen-bond donors (Lipinski definition) is 1. The van der Waals surface area contributed by atoms with Gasteiger partial charge in [-0.25, -0.2) is 0 Å². The number of fused-ring (bicyclic) bond motifs is 1. The number of benzene rings is 3. The second-order valence-corrected chi connectivity index (χ2v) is 5.98. The Labute approximate surface area is 127 Å².